The van der Waals surface area contributed by atoms with Crippen LogP contribution in [0.3, 0.4) is 0 Å². The molecule has 3 unspecified atom stereocenters. The van der Waals surface area contributed by atoms with Crippen molar-refractivity contribution in [3.05, 3.63) is 11.6 Å². The second-order valence-corrected chi connectivity index (χ2v) is 14.5. The zero-order valence-corrected chi connectivity index (χ0v) is 25.7. The number of amides is 2. The zero-order chi connectivity index (χ0) is 29.1. The van der Waals surface area contributed by atoms with Crippen molar-refractivity contribution < 1.29 is 24.5 Å². The number of carbonyl (C=O) groups is 2. The van der Waals surface area contributed by atoms with Gasteiger partial charge < -0.3 is 25.6 Å². The lowest BCUT2D eigenvalue weighted by atomic mass is 9.47. The van der Waals surface area contributed by atoms with Crippen LogP contribution in [0.4, 0.5) is 4.79 Å². The van der Waals surface area contributed by atoms with E-state index in [-0.39, 0.29) is 31.3 Å². The number of hydrogen-bond acceptors (Lipinski definition) is 5. The molecule has 0 aromatic heterocycles. The van der Waals surface area contributed by atoms with Crippen LogP contribution >= 0.6 is 0 Å². The van der Waals surface area contributed by atoms with Crippen molar-refractivity contribution in [1.29, 1.82) is 0 Å². The van der Waals surface area contributed by atoms with E-state index in [1.54, 1.807) is 0 Å². The fraction of sp³-hybridized carbons (Fsp3) is 0.879. The highest BCUT2D eigenvalue weighted by molar-refractivity contribution is 5.82. The number of ether oxygens (including phenoxy) is 1. The number of alkyl carbamates (subject to hydrolysis) is 1. The number of hydrogen-bond donors (Lipinski definition) is 4. The Morgan fingerprint density at radius 3 is 2.48 bits per heavy atom. The SMILES string of the molecule is CC(C)CCC[C@@H](C)[C@H]1CCC2C3CC=C4C[C@@H](OC(=O)NCC(=O)NC(CO)CO)CC[C@]4(C)C3CC[C@@]21C. The summed E-state index contributed by atoms with van der Waals surface area (Å²) in [5.74, 6) is 4.37. The van der Waals surface area contributed by atoms with Gasteiger partial charge in [-0.2, -0.15) is 0 Å². The second-order valence-electron chi connectivity index (χ2n) is 14.5. The van der Waals surface area contributed by atoms with Crippen molar-refractivity contribution in [3.8, 4) is 0 Å². The fourth-order valence-electron chi connectivity index (χ4n) is 9.53. The molecule has 0 bridgehead atoms. The van der Waals surface area contributed by atoms with E-state index < -0.39 is 18.0 Å². The molecular formula is C33H56N2O5. The number of carbonyl (C=O) groups excluding carboxylic acids is 2. The molecule has 2 amide bonds. The van der Waals surface area contributed by atoms with Gasteiger partial charge in [-0.05, 0) is 91.3 Å². The third kappa shape index (κ3) is 6.56. The molecule has 0 aromatic carbocycles. The summed E-state index contributed by atoms with van der Waals surface area (Å²) in [6.07, 6.45) is 15.2. The molecule has 0 heterocycles. The van der Waals surface area contributed by atoms with E-state index in [2.05, 4.69) is 51.3 Å². The fourth-order valence-corrected chi connectivity index (χ4v) is 9.53. The first kappa shape index (κ1) is 31.3. The number of fused-ring (bicyclic) bond motifs is 5. The first-order chi connectivity index (χ1) is 19.0. The van der Waals surface area contributed by atoms with E-state index >= 15 is 0 Å². The Kier molecular flexibility index (Phi) is 10.3. The Balaban J connectivity index is 1.32. The molecule has 0 saturated heterocycles. The largest absolute Gasteiger partial charge is 0.446 e. The summed E-state index contributed by atoms with van der Waals surface area (Å²) in [6, 6.07) is -0.728. The molecule has 8 atom stereocenters. The molecule has 0 aliphatic heterocycles. The molecule has 0 aromatic rings. The van der Waals surface area contributed by atoms with E-state index in [1.165, 1.54) is 56.9 Å². The molecule has 3 fully saturated rings. The molecule has 40 heavy (non-hydrogen) atoms. The van der Waals surface area contributed by atoms with Crippen LogP contribution < -0.4 is 10.6 Å². The minimum absolute atomic E-state index is 0.169. The maximum absolute atomic E-state index is 12.4. The first-order valence-electron chi connectivity index (χ1n) is 16.2. The number of allylic oxidation sites excluding steroid dienone is 1. The highest BCUT2D eigenvalue weighted by Gasteiger charge is 2.59. The molecule has 4 rings (SSSR count). The maximum atomic E-state index is 12.4. The van der Waals surface area contributed by atoms with Crippen molar-refractivity contribution in [1.82, 2.24) is 10.6 Å². The van der Waals surface area contributed by atoms with E-state index in [0.29, 0.717) is 5.41 Å². The lowest BCUT2D eigenvalue weighted by molar-refractivity contribution is -0.121. The van der Waals surface area contributed by atoms with E-state index in [1.807, 2.05) is 0 Å². The molecule has 228 valence electrons. The van der Waals surface area contributed by atoms with Gasteiger partial charge in [0.25, 0.3) is 0 Å². The van der Waals surface area contributed by atoms with Crippen LogP contribution in [-0.2, 0) is 9.53 Å². The quantitative estimate of drug-likeness (QED) is 0.246. The number of rotatable bonds is 11. The monoisotopic (exact) mass is 560 g/mol. The Morgan fingerprint density at radius 1 is 1.02 bits per heavy atom. The van der Waals surface area contributed by atoms with Gasteiger partial charge in [0.15, 0.2) is 0 Å². The summed E-state index contributed by atoms with van der Waals surface area (Å²) in [7, 11) is 0. The van der Waals surface area contributed by atoms with Crippen LogP contribution in [-0.4, -0.2) is 54.1 Å². The molecule has 0 spiro atoms. The minimum Gasteiger partial charge on any atom is -0.446 e. The van der Waals surface area contributed by atoms with Crippen molar-refractivity contribution >= 4 is 12.0 Å². The summed E-state index contributed by atoms with van der Waals surface area (Å²) >= 11 is 0. The van der Waals surface area contributed by atoms with Gasteiger partial charge >= 0.3 is 6.09 Å². The predicted molar refractivity (Wildman–Crippen MR) is 157 cm³/mol. The summed E-state index contributed by atoms with van der Waals surface area (Å²) in [5, 5.41) is 23.2. The summed E-state index contributed by atoms with van der Waals surface area (Å²) in [4.78, 5) is 24.4. The Labute approximate surface area is 242 Å². The highest BCUT2D eigenvalue weighted by Crippen LogP contribution is 2.67. The van der Waals surface area contributed by atoms with Crippen LogP contribution in [0.5, 0.6) is 0 Å². The number of aliphatic hydroxyl groups is 2. The Morgan fingerprint density at radius 2 is 1.77 bits per heavy atom. The zero-order valence-electron chi connectivity index (χ0n) is 25.7. The van der Waals surface area contributed by atoms with Crippen LogP contribution in [0.15, 0.2) is 11.6 Å². The topological polar surface area (TPSA) is 108 Å². The molecule has 4 aliphatic rings. The van der Waals surface area contributed by atoms with Crippen LogP contribution in [0.1, 0.15) is 105 Å². The third-order valence-electron chi connectivity index (χ3n) is 11.7. The van der Waals surface area contributed by atoms with Gasteiger partial charge in [0.1, 0.15) is 12.6 Å². The molecule has 4 N–H and O–H groups in total. The van der Waals surface area contributed by atoms with Crippen LogP contribution in [0, 0.1) is 46.3 Å². The second kappa shape index (κ2) is 13.1. The Hall–Kier alpha value is -1.60. The minimum atomic E-state index is -0.728. The predicted octanol–water partition coefficient (Wildman–Crippen LogP) is 5.59. The van der Waals surface area contributed by atoms with Gasteiger partial charge in [0.2, 0.25) is 5.91 Å². The van der Waals surface area contributed by atoms with Crippen LogP contribution in [0.25, 0.3) is 0 Å². The summed E-state index contributed by atoms with van der Waals surface area (Å²) in [5.41, 5.74) is 2.16. The Bertz CT molecular complexity index is 917. The number of nitrogens with one attached hydrogen (secondary N) is 2. The lowest BCUT2D eigenvalue weighted by Crippen LogP contribution is -2.51. The standard InChI is InChI=1S/C33H56N2O5/c1-21(2)7-6-8-22(3)27-11-12-28-26-10-9-23-17-25(13-15-32(23,4)29(26)14-16-33(27,28)5)40-31(39)34-18-30(38)35-24(19-36)20-37/h9,21-22,24-29,36-37H,6-8,10-20H2,1-5H3,(H,34,39)(H,35,38)/t22-,25+,26?,27-,28?,29?,32+,33-/m1/s1. The third-order valence-corrected chi connectivity index (χ3v) is 11.7. The molecule has 7 nitrogen and oxygen atoms in total. The molecule has 7 heteroatoms. The van der Waals surface area contributed by atoms with E-state index in [9.17, 15) is 9.59 Å². The average Bonchev–Trinajstić information content (AvgIpc) is 3.27. The van der Waals surface area contributed by atoms with Crippen molar-refractivity contribution in [2.45, 2.75) is 117 Å². The van der Waals surface area contributed by atoms with E-state index in [4.69, 9.17) is 14.9 Å². The van der Waals surface area contributed by atoms with Gasteiger partial charge in [-0.15, -0.1) is 0 Å². The maximum Gasteiger partial charge on any atom is 0.407 e. The average molecular weight is 561 g/mol. The van der Waals surface area contributed by atoms with Crippen molar-refractivity contribution in [2.75, 3.05) is 19.8 Å². The smallest absolute Gasteiger partial charge is 0.407 e. The van der Waals surface area contributed by atoms with Crippen molar-refractivity contribution in [3.63, 3.8) is 0 Å². The van der Waals surface area contributed by atoms with Gasteiger partial charge in [0, 0.05) is 6.42 Å². The molecule has 4 aliphatic carbocycles. The van der Waals surface area contributed by atoms with Crippen molar-refractivity contribution in [2.24, 2.45) is 46.3 Å². The first-order valence-corrected chi connectivity index (χ1v) is 16.2. The van der Waals surface area contributed by atoms with Gasteiger partial charge in [0.05, 0.1) is 19.3 Å². The number of aliphatic hydroxyl groups excluding tert-OH is 2. The molecule has 0 radical (unpaired) electrons. The lowest BCUT2D eigenvalue weighted by Gasteiger charge is -2.58. The van der Waals surface area contributed by atoms with Gasteiger partial charge in [-0.3, -0.25) is 4.79 Å². The highest BCUT2D eigenvalue weighted by atomic mass is 16.6. The van der Waals surface area contributed by atoms with Gasteiger partial charge in [-0.25, -0.2) is 4.79 Å². The summed E-state index contributed by atoms with van der Waals surface area (Å²) < 4.78 is 5.73. The van der Waals surface area contributed by atoms with Gasteiger partial charge in [-0.1, -0.05) is 65.5 Å². The normalized spacial score (nSPS) is 35.8. The van der Waals surface area contributed by atoms with E-state index in [0.717, 1.165) is 54.8 Å². The summed E-state index contributed by atoms with van der Waals surface area (Å²) in [6.45, 7) is 11.4. The molecular weight excluding hydrogens is 504 g/mol. The van der Waals surface area contributed by atoms with Crippen LogP contribution in [0.2, 0.25) is 0 Å². The molecule has 3 saturated carbocycles.